The lowest BCUT2D eigenvalue weighted by atomic mass is 9.74. The molecule has 1 unspecified atom stereocenters. The van der Waals surface area contributed by atoms with Crippen LogP contribution in [0.1, 0.15) is 30.0 Å². The minimum Gasteiger partial charge on any atom is -0.378 e. The van der Waals surface area contributed by atoms with E-state index >= 15 is 0 Å². The molecule has 5 heterocycles. The van der Waals surface area contributed by atoms with Crippen LogP contribution in [0.5, 0.6) is 0 Å². The zero-order chi connectivity index (χ0) is 21.4. The van der Waals surface area contributed by atoms with Crippen molar-refractivity contribution < 1.29 is 0 Å². The fourth-order valence-corrected chi connectivity index (χ4v) is 6.04. The van der Waals surface area contributed by atoms with Gasteiger partial charge in [-0.2, -0.15) is 5.10 Å². The number of nitrogens with one attached hydrogen (secondary N) is 1. The lowest BCUT2D eigenvalue weighted by molar-refractivity contribution is 0.0282. The van der Waals surface area contributed by atoms with Crippen LogP contribution in [0.2, 0.25) is 0 Å². The van der Waals surface area contributed by atoms with E-state index in [1.807, 2.05) is 0 Å². The molecule has 0 spiro atoms. The van der Waals surface area contributed by atoms with E-state index in [2.05, 4.69) is 88.8 Å². The van der Waals surface area contributed by atoms with Crippen molar-refractivity contribution in [1.29, 1.82) is 0 Å². The second kappa shape index (κ2) is 8.77. The van der Waals surface area contributed by atoms with Gasteiger partial charge in [0.1, 0.15) is 5.69 Å². The Balaban J connectivity index is 1.19. The molecule has 1 N–H and O–H groups in total. The summed E-state index contributed by atoms with van der Waals surface area (Å²) in [5, 5.41) is 10.7. The van der Waals surface area contributed by atoms with Crippen molar-refractivity contribution in [2.45, 2.75) is 31.3 Å². The largest absolute Gasteiger partial charge is 0.378 e. The van der Waals surface area contributed by atoms with E-state index < -0.39 is 0 Å². The highest BCUT2D eigenvalue weighted by Crippen LogP contribution is 2.42. The first-order valence-corrected chi connectivity index (χ1v) is 12.3. The predicted molar refractivity (Wildman–Crippen MR) is 130 cm³/mol. The molecule has 3 fully saturated rings. The number of thiophene rings is 1. The zero-order valence-electron chi connectivity index (χ0n) is 18.8. The molecule has 31 heavy (non-hydrogen) atoms. The van der Waals surface area contributed by atoms with Gasteiger partial charge in [-0.25, -0.2) is 0 Å². The molecule has 164 valence electrons. The van der Waals surface area contributed by atoms with Gasteiger partial charge in [0.25, 0.3) is 0 Å². The Kier molecular flexibility index (Phi) is 5.87. The third kappa shape index (κ3) is 4.29. The molecule has 3 saturated heterocycles. The molecular weight excluding hydrogens is 402 g/mol. The minimum atomic E-state index is 0.606. The number of benzene rings is 1. The van der Waals surface area contributed by atoms with Gasteiger partial charge in [0.2, 0.25) is 0 Å². The van der Waals surface area contributed by atoms with Crippen LogP contribution in [-0.4, -0.2) is 54.5 Å². The third-order valence-corrected chi connectivity index (χ3v) is 8.00. The highest BCUT2D eigenvalue weighted by atomic mass is 32.1. The Bertz CT molecular complexity index is 992. The second-order valence-electron chi connectivity index (χ2n) is 9.29. The van der Waals surface area contributed by atoms with Crippen LogP contribution in [0, 0.1) is 5.92 Å². The minimum absolute atomic E-state index is 0.606. The van der Waals surface area contributed by atoms with Gasteiger partial charge in [0, 0.05) is 64.1 Å². The number of aryl methyl sites for hydroxylation is 1. The fourth-order valence-electron chi connectivity index (χ4n) is 5.35. The third-order valence-electron chi connectivity index (χ3n) is 7.11. The smallest absolute Gasteiger partial charge is 0.103 e. The summed E-state index contributed by atoms with van der Waals surface area (Å²) >= 11 is 1.77. The molecule has 3 aliphatic heterocycles. The standard InChI is InChI=1S/C25H33N5S/c1-28(2)20-8-6-18(7-9-20)15-26-16-21-13-19-10-11-30(21)17-22(19)24-14-23(27-29(24)3)25-5-4-12-31-25/h4-9,12,14,19,21-22,26H,10-11,13,15-17H2,1-3H3/t19-,21+,22-/m0/s1. The van der Waals surface area contributed by atoms with Gasteiger partial charge in [-0.15, -0.1) is 11.3 Å². The monoisotopic (exact) mass is 435 g/mol. The van der Waals surface area contributed by atoms with Crippen LogP contribution in [-0.2, 0) is 13.6 Å². The molecule has 0 radical (unpaired) electrons. The number of anilines is 1. The number of nitrogens with zero attached hydrogens (tertiary/aromatic N) is 4. The van der Waals surface area contributed by atoms with Crippen molar-refractivity contribution in [2.24, 2.45) is 13.0 Å². The molecule has 6 rings (SSSR count). The molecule has 4 atom stereocenters. The Morgan fingerprint density at radius 1 is 1.19 bits per heavy atom. The first-order valence-electron chi connectivity index (χ1n) is 11.4. The van der Waals surface area contributed by atoms with E-state index in [0.29, 0.717) is 12.0 Å². The molecule has 0 saturated carbocycles. The first kappa shape index (κ1) is 20.7. The van der Waals surface area contributed by atoms with Gasteiger partial charge in [0.15, 0.2) is 0 Å². The summed E-state index contributed by atoms with van der Waals surface area (Å²) < 4.78 is 2.13. The highest BCUT2D eigenvalue weighted by molar-refractivity contribution is 7.13. The van der Waals surface area contributed by atoms with E-state index in [0.717, 1.165) is 31.2 Å². The van der Waals surface area contributed by atoms with Crippen molar-refractivity contribution in [3.63, 3.8) is 0 Å². The maximum atomic E-state index is 4.82. The van der Waals surface area contributed by atoms with Gasteiger partial charge in [-0.1, -0.05) is 18.2 Å². The number of hydrogen-bond donors (Lipinski definition) is 1. The van der Waals surface area contributed by atoms with E-state index in [4.69, 9.17) is 5.10 Å². The Hall–Kier alpha value is -2.15. The molecule has 0 aliphatic carbocycles. The van der Waals surface area contributed by atoms with Crippen molar-refractivity contribution in [3.8, 4) is 10.6 Å². The quantitative estimate of drug-likeness (QED) is 0.604. The van der Waals surface area contributed by atoms with Crippen LogP contribution in [0.3, 0.4) is 0 Å². The summed E-state index contributed by atoms with van der Waals surface area (Å²) in [5.74, 6) is 1.37. The number of hydrogen-bond acceptors (Lipinski definition) is 5. The molecular formula is C25H33N5S. The topological polar surface area (TPSA) is 36.3 Å². The highest BCUT2D eigenvalue weighted by Gasteiger charge is 2.41. The van der Waals surface area contributed by atoms with Gasteiger partial charge < -0.3 is 10.2 Å². The first-order chi connectivity index (χ1) is 15.1. The maximum absolute atomic E-state index is 4.82. The van der Waals surface area contributed by atoms with Gasteiger partial charge >= 0.3 is 0 Å². The predicted octanol–water partition coefficient (Wildman–Crippen LogP) is 4.18. The van der Waals surface area contributed by atoms with Crippen LogP contribution in [0.4, 0.5) is 5.69 Å². The Morgan fingerprint density at radius 2 is 2.03 bits per heavy atom. The summed E-state index contributed by atoms with van der Waals surface area (Å²) in [6.45, 7) is 4.42. The van der Waals surface area contributed by atoms with Gasteiger partial charge in [-0.05, 0) is 60.5 Å². The maximum Gasteiger partial charge on any atom is 0.103 e. The number of fused-ring (bicyclic) bond motifs is 3. The van der Waals surface area contributed by atoms with Crippen molar-refractivity contribution in [2.75, 3.05) is 38.6 Å². The van der Waals surface area contributed by atoms with Crippen LogP contribution in [0.25, 0.3) is 10.6 Å². The lowest BCUT2D eigenvalue weighted by Crippen LogP contribution is -2.55. The van der Waals surface area contributed by atoms with E-state index in [1.165, 1.54) is 41.2 Å². The van der Waals surface area contributed by atoms with Crippen LogP contribution in [0.15, 0.2) is 47.8 Å². The van der Waals surface area contributed by atoms with Crippen molar-refractivity contribution in [1.82, 2.24) is 20.0 Å². The Morgan fingerprint density at radius 3 is 2.71 bits per heavy atom. The number of piperidine rings is 3. The molecule has 3 aromatic rings. The molecule has 2 aromatic heterocycles. The number of aromatic nitrogens is 2. The number of rotatable bonds is 7. The summed E-state index contributed by atoms with van der Waals surface area (Å²) in [4.78, 5) is 6.12. The normalized spacial score (nSPS) is 25.1. The van der Waals surface area contributed by atoms with Crippen LogP contribution >= 0.6 is 11.3 Å². The van der Waals surface area contributed by atoms with Gasteiger partial charge in [-0.3, -0.25) is 9.58 Å². The van der Waals surface area contributed by atoms with Crippen LogP contribution < -0.4 is 10.2 Å². The molecule has 2 bridgehead atoms. The molecule has 5 nitrogen and oxygen atoms in total. The van der Waals surface area contributed by atoms with E-state index in [9.17, 15) is 0 Å². The molecule has 6 heteroatoms. The second-order valence-corrected chi connectivity index (χ2v) is 10.2. The van der Waals surface area contributed by atoms with E-state index in [-0.39, 0.29) is 0 Å². The SMILES string of the molecule is CN(C)c1ccc(CNC[C@H]2C[C@@H]3CCN2C[C@@H]3c2cc(-c3cccs3)nn2C)cc1. The van der Waals surface area contributed by atoms with E-state index in [1.54, 1.807) is 11.3 Å². The summed E-state index contributed by atoms with van der Waals surface area (Å²) in [5.41, 5.74) is 5.14. The Labute approximate surface area is 189 Å². The van der Waals surface area contributed by atoms with Crippen molar-refractivity contribution >= 4 is 17.0 Å². The zero-order valence-corrected chi connectivity index (χ0v) is 19.6. The molecule has 1 aromatic carbocycles. The molecule has 3 aliphatic rings. The van der Waals surface area contributed by atoms with Crippen molar-refractivity contribution in [3.05, 3.63) is 59.1 Å². The average molecular weight is 436 g/mol. The molecule has 0 amide bonds. The lowest BCUT2D eigenvalue weighted by Gasteiger charge is -2.50. The summed E-state index contributed by atoms with van der Waals surface area (Å²) in [6.07, 6.45) is 2.60. The average Bonchev–Trinajstić information content (AvgIpc) is 3.44. The summed E-state index contributed by atoms with van der Waals surface area (Å²) in [7, 11) is 6.29. The summed E-state index contributed by atoms with van der Waals surface area (Å²) in [6, 6.07) is 16.1. The fraction of sp³-hybridized carbons (Fsp3) is 0.480. The van der Waals surface area contributed by atoms with Gasteiger partial charge in [0.05, 0.1) is 4.88 Å².